The minimum atomic E-state index is 0. The summed E-state index contributed by atoms with van der Waals surface area (Å²) in [6, 6.07) is 10.3. The van der Waals surface area contributed by atoms with Gasteiger partial charge in [-0.25, -0.2) is 4.98 Å². The second-order valence-electron chi connectivity index (χ2n) is 3.54. The fourth-order valence-corrected chi connectivity index (χ4v) is 1.82. The van der Waals surface area contributed by atoms with Crippen LogP contribution in [0, 0.1) is 0 Å². The molecule has 0 saturated heterocycles. The lowest BCUT2D eigenvalue weighted by atomic mass is 10.1. The van der Waals surface area contributed by atoms with Crippen molar-refractivity contribution < 1.29 is 0 Å². The Hall–Kier alpha value is -1.10. The Labute approximate surface area is 105 Å². The predicted octanol–water partition coefficient (Wildman–Crippen LogP) is 3.30. The van der Waals surface area contributed by atoms with Gasteiger partial charge >= 0.3 is 0 Å². The highest BCUT2D eigenvalue weighted by atomic mass is 127. The molecule has 0 atom stereocenters. The van der Waals surface area contributed by atoms with Crippen molar-refractivity contribution in [3.05, 3.63) is 42.7 Å². The summed E-state index contributed by atoms with van der Waals surface area (Å²) in [5.41, 5.74) is 3.38. The number of hydrogen-bond donors (Lipinski definition) is 0. The van der Waals surface area contributed by atoms with Crippen molar-refractivity contribution in [3.63, 3.8) is 0 Å². The highest BCUT2D eigenvalue weighted by Gasteiger charge is 2.09. The smallest absolute Gasteiger partial charge is 0.0745 e. The van der Waals surface area contributed by atoms with Crippen LogP contribution in [0.15, 0.2) is 42.7 Å². The monoisotopic (exact) mass is 310 g/mol. The second-order valence-corrected chi connectivity index (χ2v) is 3.54. The maximum absolute atomic E-state index is 4.54. The standard InChI is InChI=1S/C12H10N2.HI/c1-14-7-6-12-10(8-14)9-4-2-3-5-11(9)13-12;/h2-8H,1H3;1H. The van der Waals surface area contributed by atoms with Gasteiger partial charge in [-0.3, -0.25) is 0 Å². The Balaban J connectivity index is 0.000000853. The quantitative estimate of drug-likeness (QED) is 0.583. The predicted molar refractivity (Wildman–Crippen MR) is 72.8 cm³/mol. The average Bonchev–Trinajstić information content (AvgIpc) is 2.56. The highest BCUT2D eigenvalue weighted by molar-refractivity contribution is 14.0. The molecule has 15 heavy (non-hydrogen) atoms. The minimum absolute atomic E-state index is 0. The first-order valence-electron chi connectivity index (χ1n) is 4.65. The summed E-state index contributed by atoms with van der Waals surface area (Å²) in [6.45, 7) is 0. The number of rotatable bonds is 0. The zero-order valence-corrected chi connectivity index (χ0v) is 10.7. The molecule has 0 amide bonds. The average molecular weight is 310 g/mol. The molecule has 3 heteroatoms. The summed E-state index contributed by atoms with van der Waals surface area (Å²) < 4.78 is 2.05. The molecule has 0 radical (unpaired) electrons. The van der Waals surface area contributed by atoms with Crippen molar-refractivity contribution >= 4 is 34.9 Å². The number of aromatic nitrogens is 2. The summed E-state index contributed by atoms with van der Waals surface area (Å²) in [5, 5.41) is 1.23. The second kappa shape index (κ2) is 3.81. The van der Waals surface area contributed by atoms with E-state index in [2.05, 4.69) is 40.0 Å². The summed E-state index contributed by atoms with van der Waals surface area (Å²) in [4.78, 5) is 4.54. The van der Waals surface area contributed by atoms with Crippen LogP contribution < -0.4 is 0 Å². The Kier molecular flexibility index (Phi) is 2.65. The Morgan fingerprint density at radius 1 is 1.13 bits per heavy atom. The van der Waals surface area contributed by atoms with Crippen LogP contribution in [-0.4, -0.2) is 9.55 Å². The van der Waals surface area contributed by atoms with Gasteiger partial charge in [0.1, 0.15) is 0 Å². The maximum Gasteiger partial charge on any atom is 0.0745 e. The molecule has 1 aromatic carbocycles. The minimum Gasteiger partial charge on any atom is -0.356 e. The maximum atomic E-state index is 4.54. The summed E-state index contributed by atoms with van der Waals surface area (Å²) in [6.07, 6.45) is 4.14. The van der Waals surface area contributed by atoms with Gasteiger partial charge in [0.25, 0.3) is 0 Å². The van der Waals surface area contributed by atoms with Crippen molar-refractivity contribution in [1.29, 1.82) is 0 Å². The molecule has 0 aromatic heterocycles. The van der Waals surface area contributed by atoms with Crippen molar-refractivity contribution in [3.8, 4) is 11.3 Å². The molecule has 0 bridgehead atoms. The molecular weight excluding hydrogens is 299 g/mol. The number of para-hydroxylation sites is 1. The molecule has 2 aliphatic rings. The van der Waals surface area contributed by atoms with E-state index in [1.165, 1.54) is 10.9 Å². The van der Waals surface area contributed by atoms with Crippen molar-refractivity contribution in [2.45, 2.75) is 0 Å². The van der Waals surface area contributed by atoms with Crippen LogP contribution in [0.1, 0.15) is 0 Å². The van der Waals surface area contributed by atoms with Crippen LogP contribution >= 0.6 is 24.0 Å². The molecule has 2 heterocycles. The topological polar surface area (TPSA) is 17.8 Å². The van der Waals surface area contributed by atoms with E-state index < -0.39 is 0 Å². The van der Waals surface area contributed by atoms with Crippen LogP contribution in [0.25, 0.3) is 22.2 Å². The molecule has 2 nitrogen and oxygen atoms in total. The zero-order valence-electron chi connectivity index (χ0n) is 8.34. The molecule has 0 unspecified atom stereocenters. The lowest BCUT2D eigenvalue weighted by molar-refractivity contribution is 0.905. The lowest BCUT2D eigenvalue weighted by Crippen LogP contribution is -1.89. The molecule has 76 valence electrons. The molecular formula is C12H11IN2. The molecule has 0 spiro atoms. The van der Waals surface area contributed by atoms with Crippen LogP contribution in [0.5, 0.6) is 0 Å². The fraction of sp³-hybridized carbons (Fsp3) is 0.0833. The van der Waals surface area contributed by atoms with Crippen LogP contribution in [0.3, 0.4) is 0 Å². The van der Waals surface area contributed by atoms with E-state index in [1.807, 2.05) is 19.3 Å². The van der Waals surface area contributed by atoms with E-state index in [-0.39, 0.29) is 24.0 Å². The van der Waals surface area contributed by atoms with E-state index in [4.69, 9.17) is 0 Å². The van der Waals surface area contributed by atoms with Crippen molar-refractivity contribution in [2.75, 3.05) is 0 Å². The van der Waals surface area contributed by atoms with Gasteiger partial charge in [0.2, 0.25) is 0 Å². The van der Waals surface area contributed by atoms with E-state index in [1.54, 1.807) is 0 Å². The molecule has 0 aliphatic carbocycles. The van der Waals surface area contributed by atoms with Crippen molar-refractivity contribution in [1.82, 2.24) is 9.55 Å². The lowest BCUT2D eigenvalue weighted by Gasteiger charge is -2.01. The highest BCUT2D eigenvalue weighted by Crippen LogP contribution is 2.29. The van der Waals surface area contributed by atoms with Crippen LogP contribution in [-0.2, 0) is 7.05 Å². The Bertz CT molecular complexity index is 571. The molecule has 0 fully saturated rings. The SMILES string of the molecule is Cn1ccc2nc3ccccc3c-2c1.I. The van der Waals surface area contributed by atoms with Gasteiger partial charge in [0, 0.05) is 30.4 Å². The number of hydrogen-bond acceptors (Lipinski definition) is 1. The van der Waals surface area contributed by atoms with Crippen LogP contribution in [0.4, 0.5) is 0 Å². The summed E-state index contributed by atoms with van der Waals surface area (Å²) in [5.74, 6) is 0. The largest absolute Gasteiger partial charge is 0.356 e. The van der Waals surface area contributed by atoms with Gasteiger partial charge in [0.15, 0.2) is 0 Å². The van der Waals surface area contributed by atoms with E-state index in [9.17, 15) is 0 Å². The zero-order chi connectivity index (χ0) is 9.54. The van der Waals surface area contributed by atoms with E-state index >= 15 is 0 Å². The van der Waals surface area contributed by atoms with Gasteiger partial charge in [-0.2, -0.15) is 0 Å². The van der Waals surface area contributed by atoms with Gasteiger partial charge in [-0.1, -0.05) is 18.2 Å². The first-order valence-corrected chi connectivity index (χ1v) is 4.65. The third kappa shape index (κ3) is 1.61. The number of halogens is 1. The molecule has 1 aromatic rings. The van der Waals surface area contributed by atoms with E-state index in [0.717, 1.165) is 11.2 Å². The normalized spacial score (nSPS) is 10.5. The molecule has 3 rings (SSSR count). The summed E-state index contributed by atoms with van der Waals surface area (Å²) >= 11 is 0. The fourth-order valence-electron chi connectivity index (χ4n) is 1.82. The third-order valence-electron chi connectivity index (χ3n) is 2.51. The first kappa shape index (κ1) is 10.4. The number of benzene rings is 1. The van der Waals surface area contributed by atoms with Gasteiger partial charge in [-0.05, 0) is 12.1 Å². The number of aryl methyl sites for hydroxylation is 1. The van der Waals surface area contributed by atoms with E-state index in [0.29, 0.717) is 0 Å². The van der Waals surface area contributed by atoms with Crippen molar-refractivity contribution in [2.24, 2.45) is 7.05 Å². The Morgan fingerprint density at radius 2 is 1.93 bits per heavy atom. The number of nitrogens with zero attached hydrogens (tertiary/aromatic N) is 2. The molecule has 0 saturated carbocycles. The molecule has 2 aliphatic heterocycles. The van der Waals surface area contributed by atoms with Gasteiger partial charge < -0.3 is 4.57 Å². The number of pyridine rings is 1. The summed E-state index contributed by atoms with van der Waals surface area (Å²) in [7, 11) is 2.03. The Morgan fingerprint density at radius 3 is 2.80 bits per heavy atom. The van der Waals surface area contributed by atoms with Gasteiger partial charge in [0.05, 0.1) is 11.2 Å². The first-order chi connectivity index (χ1) is 6.84. The van der Waals surface area contributed by atoms with Crippen LogP contribution in [0.2, 0.25) is 0 Å². The number of fused-ring (bicyclic) bond motifs is 3. The molecule has 0 N–H and O–H groups in total. The third-order valence-corrected chi connectivity index (χ3v) is 2.51. The van der Waals surface area contributed by atoms with Gasteiger partial charge in [-0.15, -0.1) is 24.0 Å².